The molecule has 3 atom stereocenters. The minimum absolute atomic E-state index is 0.0422. The Kier molecular flexibility index (Phi) is 10.8. The van der Waals surface area contributed by atoms with Gasteiger partial charge in [-0.15, -0.1) is 0 Å². The van der Waals surface area contributed by atoms with Gasteiger partial charge in [-0.2, -0.15) is 0 Å². The van der Waals surface area contributed by atoms with Gasteiger partial charge in [0.05, 0.1) is 31.7 Å². The van der Waals surface area contributed by atoms with E-state index in [9.17, 15) is 24.6 Å². The quantitative estimate of drug-likeness (QED) is 0.268. The number of hydrogen-bond acceptors (Lipinski definition) is 7. The predicted molar refractivity (Wildman–Crippen MR) is 167 cm³/mol. The van der Waals surface area contributed by atoms with E-state index >= 15 is 0 Å². The number of methoxy groups -OCH3 is 1. The van der Waals surface area contributed by atoms with Crippen LogP contribution in [0, 0.1) is 5.92 Å². The molecule has 11 nitrogen and oxygen atoms in total. The molecule has 0 bridgehead atoms. The number of carbonyl (C=O) groups excluding carboxylic acids is 2. The number of nitrogens with zero attached hydrogens (tertiary/aromatic N) is 2. The molecule has 0 saturated heterocycles. The Morgan fingerprint density at radius 1 is 1.07 bits per heavy atom. The normalized spacial score (nSPS) is 17.4. The van der Waals surface area contributed by atoms with Crippen molar-refractivity contribution in [3.63, 3.8) is 0 Å². The zero-order chi connectivity index (χ0) is 31.8. The number of urea groups is 1. The number of fused-ring (bicyclic) bond motifs is 1. The summed E-state index contributed by atoms with van der Waals surface area (Å²) in [6.45, 7) is 5.16. The van der Waals surface area contributed by atoms with Crippen LogP contribution in [-0.4, -0.2) is 83.9 Å². The number of aromatic carboxylic acids is 1. The maximum absolute atomic E-state index is 13.5. The van der Waals surface area contributed by atoms with Crippen LogP contribution in [0.1, 0.15) is 35.3 Å². The lowest BCUT2D eigenvalue weighted by Gasteiger charge is -2.34. The molecule has 3 amide bonds. The van der Waals surface area contributed by atoms with Crippen LogP contribution < -0.4 is 20.1 Å². The molecule has 3 aromatic rings. The first-order valence-corrected chi connectivity index (χ1v) is 14.5. The van der Waals surface area contributed by atoms with Gasteiger partial charge < -0.3 is 35.2 Å². The second kappa shape index (κ2) is 14.7. The molecule has 234 valence electrons. The van der Waals surface area contributed by atoms with Crippen LogP contribution in [0.2, 0.25) is 0 Å². The number of likely N-dealkylation sites (N-methyl/N-ethyl adjacent to an activating group) is 1. The summed E-state index contributed by atoms with van der Waals surface area (Å²) in [5.74, 6) is 0.0354. The molecule has 1 heterocycles. The maximum Gasteiger partial charge on any atom is 0.335 e. The summed E-state index contributed by atoms with van der Waals surface area (Å²) in [5.41, 5.74) is 2.91. The predicted octanol–water partition coefficient (Wildman–Crippen LogP) is 4.32. The number of aliphatic hydroxyl groups excluding tert-OH is 1. The Bertz CT molecular complexity index is 1450. The van der Waals surface area contributed by atoms with E-state index in [4.69, 9.17) is 9.47 Å². The number of anilines is 2. The van der Waals surface area contributed by atoms with Gasteiger partial charge in [-0.1, -0.05) is 19.1 Å². The van der Waals surface area contributed by atoms with E-state index in [0.29, 0.717) is 48.1 Å². The number of hydrogen-bond donors (Lipinski definition) is 4. The van der Waals surface area contributed by atoms with E-state index < -0.39 is 12.0 Å². The van der Waals surface area contributed by atoms with E-state index in [1.807, 2.05) is 20.9 Å². The van der Waals surface area contributed by atoms with Gasteiger partial charge in [-0.25, -0.2) is 9.59 Å². The number of aliphatic hydroxyl groups is 1. The number of ether oxygens (including phenoxy) is 2. The molecule has 0 spiro atoms. The number of carboxylic acids is 1. The fraction of sp³-hybridized carbons (Fsp3) is 0.364. The van der Waals surface area contributed by atoms with Crippen LogP contribution in [0.3, 0.4) is 0 Å². The van der Waals surface area contributed by atoms with Crippen LogP contribution in [0.25, 0.3) is 0 Å². The van der Waals surface area contributed by atoms with Gasteiger partial charge in [-0.3, -0.25) is 9.69 Å². The Hall–Kier alpha value is -4.61. The monoisotopic (exact) mass is 604 g/mol. The van der Waals surface area contributed by atoms with Crippen LogP contribution in [-0.2, 0) is 17.8 Å². The molecule has 0 aromatic heterocycles. The highest BCUT2D eigenvalue weighted by molar-refractivity contribution is 6.00. The summed E-state index contributed by atoms with van der Waals surface area (Å²) >= 11 is 0. The number of carbonyl (C=O) groups is 3. The Balaban J connectivity index is 1.53. The number of nitrogens with one attached hydrogen (secondary N) is 2. The van der Waals surface area contributed by atoms with Gasteiger partial charge in [0.15, 0.2) is 0 Å². The molecular formula is C33H40N4O7. The molecule has 0 radical (unpaired) electrons. The average molecular weight is 605 g/mol. The van der Waals surface area contributed by atoms with Gasteiger partial charge in [0, 0.05) is 42.5 Å². The van der Waals surface area contributed by atoms with Crippen molar-refractivity contribution in [3.8, 4) is 11.5 Å². The Labute approximate surface area is 257 Å². The minimum atomic E-state index is -0.969. The maximum atomic E-state index is 13.5. The highest BCUT2D eigenvalue weighted by Crippen LogP contribution is 2.29. The summed E-state index contributed by atoms with van der Waals surface area (Å²) in [6.07, 6.45) is -0.269. The van der Waals surface area contributed by atoms with Crippen LogP contribution in [0.5, 0.6) is 11.5 Å². The van der Waals surface area contributed by atoms with Gasteiger partial charge >= 0.3 is 12.0 Å². The van der Waals surface area contributed by atoms with Gasteiger partial charge in [0.2, 0.25) is 5.91 Å². The first kappa shape index (κ1) is 32.3. The third-order valence-electron chi connectivity index (χ3n) is 7.67. The lowest BCUT2D eigenvalue weighted by Crippen LogP contribution is -2.47. The Morgan fingerprint density at radius 2 is 1.73 bits per heavy atom. The smallest absolute Gasteiger partial charge is 0.335 e. The SMILES string of the molecule is COc1ccc(NC(=O)Nc2ccc3c(c2)CC(=O)N([C@@H](C)CO)C[C@@H](C)[C@@H](CN(C)Cc2ccc(C(=O)O)cc2)O3)cc1. The summed E-state index contributed by atoms with van der Waals surface area (Å²) in [7, 11) is 3.53. The molecule has 11 heteroatoms. The second-order valence-corrected chi connectivity index (χ2v) is 11.2. The van der Waals surface area contributed by atoms with Crippen molar-refractivity contribution < 1.29 is 34.1 Å². The summed E-state index contributed by atoms with van der Waals surface area (Å²) in [6, 6.07) is 18.1. The summed E-state index contributed by atoms with van der Waals surface area (Å²) in [5, 5.41) is 24.7. The molecular weight excluding hydrogens is 564 g/mol. The topological polar surface area (TPSA) is 141 Å². The zero-order valence-electron chi connectivity index (χ0n) is 25.4. The minimum Gasteiger partial charge on any atom is -0.497 e. The van der Waals surface area contributed by atoms with Crippen LogP contribution >= 0.6 is 0 Å². The molecule has 4 N–H and O–H groups in total. The van der Waals surface area contributed by atoms with E-state index in [1.165, 1.54) is 0 Å². The van der Waals surface area contributed by atoms with Crippen molar-refractivity contribution >= 4 is 29.3 Å². The standard InChI is InChI=1S/C33H40N4O7/c1-21-17-37(22(2)20-38)31(39)16-25-15-27(35-33(42)34-26-9-12-28(43-4)13-10-26)11-14-29(25)44-30(21)19-36(3)18-23-5-7-24(8-6-23)32(40)41/h5-15,21-22,30,38H,16-20H2,1-4H3,(H,40,41)(H2,34,35,42)/t21-,22+,30-/m1/s1. The fourth-order valence-electron chi connectivity index (χ4n) is 5.13. The highest BCUT2D eigenvalue weighted by Gasteiger charge is 2.31. The molecule has 0 aliphatic carbocycles. The van der Waals surface area contributed by atoms with E-state index in [2.05, 4.69) is 15.5 Å². The van der Waals surface area contributed by atoms with Crippen molar-refractivity contribution in [2.24, 2.45) is 5.92 Å². The lowest BCUT2D eigenvalue weighted by molar-refractivity contribution is -0.134. The Morgan fingerprint density at radius 3 is 2.36 bits per heavy atom. The van der Waals surface area contributed by atoms with Crippen molar-refractivity contribution in [3.05, 3.63) is 83.4 Å². The van der Waals surface area contributed by atoms with Gasteiger partial charge in [0.25, 0.3) is 0 Å². The van der Waals surface area contributed by atoms with Crippen LogP contribution in [0.4, 0.5) is 16.2 Å². The molecule has 0 unspecified atom stereocenters. The van der Waals surface area contributed by atoms with Crippen molar-refractivity contribution in [2.75, 3.05) is 44.5 Å². The van der Waals surface area contributed by atoms with E-state index in [-0.39, 0.29) is 42.6 Å². The summed E-state index contributed by atoms with van der Waals surface area (Å²) < 4.78 is 11.7. The molecule has 1 aliphatic heterocycles. The van der Waals surface area contributed by atoms with E-state index in [1.54, 1.807) is 78.7 Å². The van der Waals surface area contributed by atoms with E-state index in [0.717, 1.165) is 5.56 Å². The van der Waals surface area contributed by atoms with Gasteiger partial charge in [0.1, 0.15) is 17.6 Å². The van der Waals surface area contributed by atoms with Crippen molar-refractivity contribution in [1.82, 2.24) is 9.80 Å². The lowest BCUT2D eigenvalue weighted by atomic mass is 10.0. The van der Waals surface area contributed by atoms with Gasteiger partial charge in [-0.05, 0) is 74.1 Å². The molecule has 4 rings (SSSR count). The second-order valence-electron chi connectivity index (χ2n) is 11.2. The molecule has 44 heavy (non-hydrogen) atoms. The zero-order valence-corrected chi connectivity index (χ0v) is 25.4. The number of carboxylic acid groups (broad SMARTS) is 1. The molecule has 0 fully saturated rings. The first-order valence-electron chi connectivity index (χ1n) is 14.5. The van der Waals surface area contributed by atoms with Crippen molar-refractivity contribution in [1.29, 1.82) is 0 Å². The van der Waals surface area contributed by atoms with Crippen molar-refractivity contribution in [2.45, 2.75) is 39.0 Å². The fourth-order valence-corrected chi connectivity index (χ4v) is 5.13. The number of benzene rings is 3. The summed E-state index contributed by atoms with van der Waals surface area (Å²) in [4.78, 5) is 41.2. The largest absolute Gasteiger partial charge is 0.497 e. The number of amides is 3. The average Bonchev–Trinajstić information content (AvgIpc) is 3.04. The highest BCUT2D eigenvalue weighted by atomic mass is 16.5. The molecule has 0 saturated carbocycles. The van der Waals surface area contributed by atoms with Crippen LogP contribution in [0.15, 0.2) is 66.7 Å². The first-order chi connectivity index (χ1) is 21.1. The molecule has 1 aliphatic rings. The third-order valence-corrected chi connectivity index (χ3v) is 7.67. The molecule has 3 aromatic carbocycles. The third kappa shape index (κ3) is 8.48. The number of rotatable bonds is 10.